The van der Waals surface area contributed by atoms with Crippen LogP contribution in [0.2, 0.25) is 0 Å². The van der Waals surface area contributed by atoms with Gasteiger partial charge in [0.25, 0.3) is 0 Å². The number of alkyl halides is 2. The third-order valence-corrected chi connectivity index (χ3v) is 1.15. The molecule has 0 aliphatic heterocycles. The van der Waals surface area contributed by atoms with Crippen molar-refractivity contribution in [1.29, 1.82) is 0 Å². The molecule has 1 rings (SSSR count). The van der Waals surface area contributed by atoms with Crippen molar-refractivity contribution < 1.29 is 4.74 Å². The number of hydrogen-bond acceptors (Lipinski definition) is 2. The van der Waals surface area contributed by atoms with Gasteiger partial charge in [0.05, 0.1) is 0 Å². The predicted molar refractivity (Wildman–Crippen MR) is 45.7 cm³/mol. The van der Waals surface area contributed by atoms with Crippen LogP contribution in [-0.2, 0) is 0 Å². The fourth-order valence-electron chi connectivity index (χ4n) is 0.646. The summed E-state index contributed by atoms with van der Waals surface area (Å²) < 4.78 is 3.26. The molecule has 0 unspecified atom stereocenters. The first kappa shape index (κ1) is 8.65. The predicted octanol–water partition coefficient (Wildman–Crippen LogP) is 2.11. The van der Waals surface area contributed by atoms with Crippen molar-refractivity contribution in [2.45, 2.75) is 4.64 Å². The maximum Gasteiger partial charge on any atom is 0.316 e. The second-order valence-electron chi connectivity index (χ2n) is 1.98. The topological polar surface area (TPSA) is 35.2 Å². The molecule has 11 heavy (non-hydrogen) atoms. The lowest BCUT2D eigenvalue weighted by molar-refractivity contribution is 0.250. The van der Waals surface area contributed by atoms with Crippen molar-refractivity contribution in [1.82, 2.24) is 0 Å². The van der Waals surface area contributed by atoms with E-state index in [0.717, 1.165) is 0 Å². The van der Waals surface area contributed by atoms with E-state index in [-0.39, 0.29) is 0 Å². The number of rotatable bonds is 2. The summed E-state index contributed by atoms with van der Waals surface area (Å²) in [4.78, 5) is 0. The number of nitrogens with two attached hydrogens (primary N) is 1. The van der Waals surface area contributed by atoms with Crippen LogP contribution in [0.3, 0.4) is 0 Å². The summed E-state index contributed by atoms with van der Waals surface area (Å²) in [5.41, 5.74) is 5.18. The van der Waals surface area contributed by atoms with Crippen LogP contribution in [0.25, 0.3) is 0 Å². The summed E-state index contributed by atoms with van der Waals surface area (Å²) in [5.74, 6) is 0.542. The van der Waals surface area contributed by atoms with Gasteiger partial charge < -0.3 is 4.74 Å². The maximum atomic E-state index is 5.39. The van der Waals surface area contributed by atoms with Crippen LogP contribution in [0.4, 0.5) is 0 Å². The quantitative estimate of drug-likeness (QED) is 0.442. The highest BCUT2D eigenvalue weighted by Crippen LogP contribution is 2.20. The minimum atomic E-state index is -1.65. The van der Waals surface area contributed by atoms with Crippen molar-refractivity contribution in [3.05, 3.63) is 30.3 Å². The van der Waals surface area contributed by atoms with Gasteiger partial charge in [-0.1, -0.05) is 18.2 Å². The highest BCUT2D eigenvalue weighted by molar-refractivity contribution is 6.46. The van der Waals surface area contributed by atoms with Gasteiger partial charge in [0, 0.05) is 0 Å². The SMILES string of the molecule is NC(Cl)(Cl)Oc1ccccc1. The minimum absolute atomic E-state index is 0.542. The lowest BCUT2D eigenvalue weighted by Gasteiger charge is -2.14. The molecule has 0 heterocycles. The van der Waals surface area contributed by atoms with Crippen LogP contribution in [-0.4, -0.2) is 4.64 Å². The highest BCUT2D eigenvalue weighted by Gasteiger charge is 2.18. The Morgan fingerprint density at radius 1 is 1.18 bits per heavy atom. The number of ether oxygens (including phenoxy) is 1. The zero-order valence-electron chi connectivity index (χ0n) is 5.63. The lowest BCUT2D eigenvalue weighted by atomic mass is 10.3. The van der Waals surface area contributed by atoms with Crippen molar-refractivity contribution in [3.8, 4) is 5.75 Å². The van der Waals surface area contributed by atoms with Crippen molar-refractivity contribution >= 4 is 23.2 Å². The zero-order valence-corrected chi connectivity index (χ0v) is 7.14. The number of para-hydroxylation sites is 1. The molecule has 4 heteroatoms. The molecule has 2 N–H and O–H groups in total. The summed E-state index contributed by atoms with van der Waals surface area (Å²) >= 11 is 10.8. The Balaban J connectivity index is 2.66. The first-order valence-electron chi connectivity index (χ1n) is 2.99. The van der Waals surface area contributed by atoms with Gasteiger partial charge in [0.1, 0.15) is 5.75 Å². The molecule has 0 aliphatic carbocycles. The summed E-state index contributed by atoms with van der Waals surface area (Å²) in [7, 11) is 0. The van der Waals surface area contributed by atoms with E-state index >= 15 is 0 Å². The van der Waals surface area contributed by atoms with E-state index in [0.29, 0.717) is 5.75 Å². The van der Waals surface area contributed by atoms with Crippen molar-refractivity contribution in [3.63, 3.8) is 0 Å². The first-order valence-corrected chi connectivity index (χ1v) is 3.74. The van der Waals surface area contributed by atoms with Gasteiger partial charge in [-0.25, -0.2) is 0 Å². The van der Waals surface area contributed by atoms with Gasteiger partial charge in [-0.3, -0.25) is 5.73 Å². The van der Waals surface area contributed by atoms with Gasteiger partial charge in [-0.05, 0) is 35.3 Å². The molecule has 0 fully saturated rings. The highest BCUT2D eigenvalue weighted by atomic mass is 35.5. The van der Waals surface area contributed by atoms with Gasteiger partial charge in [-0.15, -0.1) is 0 Å². The third kappa shape index (κ3) is 3.46. The Morgan fingerprint density at radius 2 is 1.73 bits per heavy atom. The van der Waals surface area contributed by atoms with E-state index < -0.39 is 4.64 Å². The number of hydrogen-bond donors (Lipinski definition) is 1. The molecule has 0 atom stereocenters. The zero-order chi connectivity index (χ0) is 8.32. The molecule has 1 aromatic rings. The Labute approximate surface area is 74.9 Å². The van der Waals surface area contributed by atoms with E-state index in [9.17, 15) is 0 Å². The van der Waals surface area contributed by atoms with Gasteiger partial charge in [-0.2, -0.15) is 0 Å². The smallest absolute Gasteiger partial charge is 0.316 e. The summed E-state index contributed by atoms with van der Waals surface area (Å²) in [6, 6.07) is 8.88. The van der Waals surface area contributed by atoms with Crippen LogP contribution in [0.1, 0.15) is 0 Å². The maximum absolute atomic E-state index is 5.39. The minimum Gasteiger partial charge on any atom is -0.446 e. The fourth-order valence-corrected chi connectivity index (χ4v) is 0.824. The van der Waals surface area contributed by atoms with E-state index in [1.165, 1.54) is 0 Å². The van der Waals surface area contributed by atoms with Crippen LogP contribution in [0, 0.1) is 0 Å². The number of halogens is 2. The van der Waals surface area contributed by atoms with Crippen LogP contribution in [0.5, 0.6) is 5.75 Å². The molecular formula is C7H7Cl2NO. The van der Waals surface area contributed by atoms with E-state index in [2.05, 4.69) is 0 Å². The molecule has 0 aliphatic rings. The van der Waals surface area contributed by atoms with Crippen LogP contribution >= 0.6 is 23.2 Å². The Kier molecular flexibility index (Phi) is 2.60. The lowest BCUT2D eigenvalue weighted by Crippen LogP contribution is -2.32. The van der Waals surface area contributed by atoms with Crippen LogP contribution < -0.4 is 10.5 Å². The molecule has 0 spiro atoms. The Bertz CT molecular complexity index is 220. The monoisotopic (exact) mass is 191 g/mol. The average molecular weight is 192 g/mol. The molecule has 0 radical (unpaired) electrons. The van der Waals surface area contributed by atoms with Crippen molar-refractivity contribution in [2.24, 2.45) is 5.73 Å². The molecule has 1 aromatic carbocycles. The van der Waals surface area contributed by atoms with Gasteiger partial charge in [0.15, 0.2) is 0 Å². The molecule has 0 aromatic heterocycles. The largest absolute Gasteiger partial charge is 0.446 e. The summed E-state index contributed by atoms with van der Waals surface area (Å²) in [6.07, 6.45) is 0. The Hall–Kier alpha value is -0.440. The average Bonchev–Trinajstić information content (AvgIpc) is 1.85. The second-order valence-corrected chi connectivity index (χ2v) is 3.29. The second kappa shape index (κ2) is 3.30. The van der Waals surface area contributed by atoms with E-state index in [1.807, 2.05) is 6.07 Å². The summed E-state index contributed by atoms with van der Waals surface area (Å²) in [6.45, 7) is 0. The molecule has 60 valence electrons. The van der Waals surface area contributed by atoms with Gasteiger partial charge in [0.2, 0.25) is 0 Å². The molecule has 0 saturated heterocycles. The fraction of sp³-hybridized carbons (Fsp3) is 0.143. The third-order valence-electron chi connectivity index (χ3n) is 0.997. The van der Waals surface area contributed by atoms with Crippen molar-refractivity contribution in [2.75, 3.05) is 0 Å². The first-order chi connectivity index (χ1) is 5.08. The van der Waals surface area contributed by atoms with E-state index in [1.54, 1.807) is 24.3 Å². The molecule has 0 saturated carbocycles. The Morgan fingerprint density at radius 3 is 2.18 bits per heavy atom. The molecule has 0 amide bonds. The van der Waals surface area contributed by atoms with Gasteiger partial charge >= 0.3 is 4.64 Å². The summed E-state index contributed by atoms with van der Waals surface area (Å²) in [5, 5.41) is 0. The standard InChI is InChI=1S/C7H7Cl2NO/c8-7(9,10)11-6-4-2-1-3-5-6/h1-5H,10H2. The van der Waals surface area contributed by atoms with Crippen LogP contribution in [0.15, 0.2) is 30.3 Å². The normalized spacial score (nSPS) is 11.2. The molecular weight excluding hydrogens is 185 g/mol. The molecule has 2 nitrogen and oxygen atoms in total. The molecule has 0 bridgehead atoms. The van der Waals surface area contributed by atoms with E-state index in [4.69, 9.17) is 33.7 Å². The number of benzene rings is 1.